The van der Waals surface area contributed by atoms with Crippen molar-refractivity contribution in [1.82, 2.24) is 35.6 Å². The van der Waals surface area contributed by atoms with E-state index in [0.717, 1.165) is 25.7 Å². The Morgan fingerprint density at radius 1 is 1.15 bits per heavy atom. The quantitative estimate of drug-likeness (QED) is 0.474. The average Bonchev–Trinajstić information content (AvgIpc) is 3.77. The van der Waals surface area contributed by atoms with Crippen molar-refractivity contribution < 1.29 is 18.4 Å². The number of carbonyl (C=O) groups excluding carboxylic acids is 2. The van der Waals surface area contributed by atoms with E-state index in [1.54, 1.807) is 24.5 Å². The highest BCUT2D eigenvalue weighted by Gasteiger charge is 2.27. The number of para-hydroxylation sites is 1. The van der Waals surface area contributed by atoms with Gasteiger partial charge in [0.05, 0.1) is 30.1 Å². The average molecular weight is 452 g/mol. The number of amides is 2. The zero-order valence-corrected chi connectivity index (χ0v) is 17.8. The maximum Gasteiger partial charge on any atom is 0.273 e. The molecule has 33 heavy (non-hydrogen) atoms. The second kappa shape index (κ2) is 8.49. The van der Waals surface area contributed by atoms with Crippen LogP contribution < -0.4 is 20.7 Å². The van der Waals surface area contributed by atoms with Crippen LogP contribution in [0.3, 0.4) is 0 Å². The van der Waals surface area contributed by atoms with Gasteiger partial charge in [0.1, 0.15) is 6.33 Å². The summed E-state index contributed by atoms with van der Waals surface area (Å²) in [6.45, 7) is -2.73. The van der Waals surface area contributed by atoms with Crippen LogP contribution in [0.1, 0.15) is 56.8 Å². The summed E-state index contributed by atoms with van der Waals surface area (Å²) in [6.07, 6.45) is 5.58. The Hall–Kier alpha value is -4.02. The van der Waals surface area contributed by atoms with Crippen molar-refractivity contribution in [1.29, 1.82) is 0 Å². The summed E-state index contributed by atoms with van der Waals surface area (Å²) >= 11 is 0. The highest BCUT2D eigenvalue weighted by Crippen LogP contribution is 2.38. The van der Waals surface area contributed by atoms with E-state index in [2.05, 4.69) is 30.9 Å². The molecule has 0 bridgehead atoms. The molecule has 2 saturated carbocycles. The minimum absolute atomic E-state index is 0.0187. The minimum atomic E-state index is -2.73. The number of rotatable bonds is 8. The maximum absolute atomic E-state index is 12.7. The van der Waals surface area contributed by atoms with Crippen molar-refractivity contribution >= 4 is 23.2 Å². The normalized spacial score (nSPS) is 16.8. The van der Waals surface area contributed by atoms with Crippen LogP contribution >= 0.6 is 0 Å². The van der Waals surface area contributed by atoms with E-state index in [9.17, 15) is 9.59 Å². The van der Waals surface area contributed by atoms with Gasteiger partial charge in [-0.3, -0.25) is 9.59 Å². The fraction of sp³-hybridized carbons (Fsp3) is 0.364. The van der Waals surface area contributed by atoms with Crippen molar-refractivity contribution in [2.75, 3.05) is 19.4 Å². The Balaban J connectivity index is 1.51. The second-order valence-electron chi connectivity index (χ2n) is 7.98. The lowest BCUT2D eigenvalue weighted by molar-refractivity contribution is 0.0935. The maximum atomic E-state index is 12.7. The SMILES string of the molecule is [2H]C([2H])([2H])NC(=O)c1nnc(C(=O)NC2CC2)cc1Nc1cccc(-c2ncn(C3CC3)n2)c1OC. The van der Waals surface area contributed by atoms with Gasteiger partial charge in [-0.15, -0.1) is 10.2 Å². The van der Waals surface area contributed by atoms with E-state index < -0.39 is 18.8 Å². The van der Waals surface area contributed by atoms with Gasteiger partial charge in [-0.1, -0.05) is 6.07 Å². The van der Waals surface area contributed by atoms with Gasteiger partial charge in [-0.05, 0) is 43.9 Å². The number of benzene rings is 1. The molecule has 2 aliphatic rings. The van der Waals surface area contributed by atoms with Crippen LogP contribution in [0.5, 0.6) is 5.75 Å². The van der Waals surface area contributed by atoms with Crippen molar-refractivity contribution in [3.63, 3.8) is 0 Å². The number of aromatic nitrogens is 5. The lowest BCUT2D eigenvalue weighted by Gasteiger charge is -2.16. The highest BCUT2D eigenvalue weighted by atomic mass is 16.5. The Morgan fingerprint density at radius 3 is 2.73 bits per heavy atom. The zero-order chi connectivity index (χ0) is 25.4. The van der Waals surface area contributed by atoms with Crippen LogP contribution in [-0.2, 0) is 0 Å². The van der Waals surface area contributed by atoms with Crippen LogP contribution in [0.4, 0.5) is 11.4 Å². The Kier molecular flexibility index (Phi) is 4.51. The molecule has 2 amide bonds. The summed E-state index contributed by atoms with van der Waals surface area (Å²) < 4.78 is 29.5. The predicted molar refractivity (Wildman–Crippen MR) is 119 cm³/mol. The number of nitrogens with zero attached hydrogens (tertiary/aromatic N) is 5. The van der Waals surface area contributed by atoms with Gasteiger partial charge in [-0.2, -0.15) is 5.10 Å². The monoisotopic (exact) mass is 451 g/mol. The summed E-state index contributed by atoms with van der Waals surface area (Å²) in [5, 5.41) is 20.0. The first-order valence-electron chi connectivity index (χ1n) is 12.1. The molecule has 5 rings (SSSR count). The molecule has 2 heterocycles. The molecule has 0 spiro atoms. The lowest BCUT2D eigenvalue weighted by Crippen LogP contribution is -2.28. The van der Waals surface area contributed by atoms with E-state index in [1.165, 1.54) is 13.2 Å². The highest BCUT2D eigenvalue weighted by molar-refractivity contribution is 6.00. The molecule has 11 heteroatoms. The Morgan fingerprint density at radius 2 is 2.00 bits per heavy atom. The number of ether oxygens (including phenoxy) is 1. The topological polar surface area (TPSA) is 136 Å². The summed E-state index contributed by atoms with van der Waals surface area (Å²) in [7, 11) is 1.49. The third-order valence-electron chi connectivity index (χ3n) is 5.43. The van der Waals surface area contributed by atoms with Gasteiger partial charge in [0, 0.05) is 17.1 Å². The van der Waals surface area contributed by atoms with Crippen molar-refractivity contribution in [2.45, 2.75) is 37.8 Å². The summed E-state index contributed by atoms with van der Waals surface area (Å²) in [5.41, 5.74) is 0.818. The summed E-state index contributed by atoms with van der Waals surface area (Å²) in [4.78, 5) is 29.6. The first-order valence-corrected chi connectivity index (χ1v) is 10.6. The van der Waals surface area contributed by atoms with Gasteiger partial charge in [0.2, 0.25) is 0 Å². The molecule has 2 aromatic heterocycles. The van der Waals surface area contributed by atoms with Crippen LogP contribution in [0.25, 0.3) is 11.4 Å². The number of hydrogen-bond acceptors (Lipinski definition) is 8. The molecule has 2 fully saturated rings. The van der Waals surface area contributed by atoms with E-state index in [1.807, 2.05) is 10.00 Å². The third-order valence-corrected chi connectivity index (χ3v) is 5.43. The van der Waals surface area contributed by atoms with Crippen molar-refractivity contribution in [3.05, 3.63) is 42.0 Å². The van der Waals surface area contributed by atoms with Crippen LogP contribution in [0, 0.1) is 0 Å². The minimum Gasteiger partial charge on any atom is -0.494 e. The molecule has 0 saturated heterocycles. The standard InChI is InChI=1S/C22H24N8O3/c1-23-22(32)18-16(10-17(27-28-18)21(31)25-12-6-7-12)26-15-5-3-4-14(19(15)33-2)20-24-11-30(29-20)13-8-9-13/h3-5,10-13H,6-9H2,1-2H3,(H,23,32)(H,25,31)(H,26,27)/i1D3. The molecule has 0 atom stereocenters. The molecule has 1 aromatic carbocycles. The zero-order valence-electron chi connectivity index (χ0n) is 20.8. The van der Waals surface area contributed by atoms with E-state index in [-0.39, 0.29) is 23.1 Å². The van der Waals surface area contributed by atoms with Gasteiger partial charge in [-0.25, -0.2) is 9.67 Å². The summed E-state index contributed by atoms with van der Waals surface area (Å²) in [6, 6.07) is 7.07. The van der Waals surface area contributed by atoms with Crippen LogP contribution in [0.2, 0.25) is 0 Å². The summed E-state index contributed by atoms with van der Waals surface area (Å²) in [5.74, 6) is -0.542. The van der Waals surface area contributed by atoms with Gasteiger partial charge in [0.25, 0.3) is 11.8 Å². The second-order valence-corrected chi connectivity index (χ2v) is 7.98. The predicted octanol–water partition coefficient (Wildman–Crippen LogP) is 2.07. The molecular weight excluding hydrogens is 424 g/mol. The third kappa shape index (κ3) is 4.34. The van der Waals surface area contributed by atoms with E-state index >= 15 is 0 Å². The fourth-order valence-electron chi connectivity index (χ4n) is 3.40. The molecular formula is C22H24N8O3. The Labute approximate surface area is 194 Å². The largest absolute Gasteiger partial charge is 0.494 e. The van der Waals surface area contributed by atoms with Crippen LogP contribution in [0.15, 0.2) is 30.6 Å². The van der Waals surface area contributed by atoms with E-state index in [0.29, 0.717) is 28.9 Å². The van der Waals surface area contributed by atoms with E-state index in [4.69, 9.17) is 8.85 Å². The molecule has 11 nitrogen and oxygen atoms in total. The molecule has 0 aliphatic heterocycles. The molecule has 0 radical (unpaired) electrons. The lowest BCUT2D eigenvalue weighted by atomic mass is 10.1. The number of methoxy groups -OCH3 is 1. The fourth-order valence-corrected chi connectivity index (χ4v) is 3.40. The van der Waals surface area contributed by atoms with Gasteiger partial charge in [0.15, 0.2) is 23.0 Å². The Bertz CT molecular complexity index is 1320. The number of nitrogens with one attached hydrogen (secondary N) is 3. The van der Waals surface area contributed by atoms with Crippen molar-refractivity contribution in [3.8, 4) is 17.1 Å². The van der Waals surface area contributed by atoms with Gasteiger partial charge < -0.3 is 20.7 Å². The number of hydrogen-bond donors (Lipinski definition) is 3. The number of carbonyl (C=O) groups is 2. The molecule has 2 aliphatic carbocycles. The van der Waals surface area contributed by atoms with Gasteiger partial charge >= 0.3 is 0 Å². The molecule has 3 N–H and O–H groups in total. The first kappa shape index (κ1) is 17.5. The van der Waals surface area contributed by atoms with Crippen LogP contribution in [-0.4, -0.2) is 56.9 Å². The molecule has 170 valence electrons. The van der Waals surface area contributed by atoms with Crippen molar-refractivity contribution in [2.24, 2.45) is 0 Å². The number of anilines is 2. The first-order chi connectivity index (χ1) is 17.2. The smallest absolute Gasteiger partial charge is 0.273 e. The molecule has 0 unspecified atom stereocenters. The molecule has 3 aromatic rings.